The maximum atomic E-state index is 12.2. The summed E-state index contributed by atoms with van der Waals surface area (Å²) in [4.78, 5) is 16.2. The van der Waals surface area contributed by atoms with Crippen LogP contribution in [0, 0.1) is 0 Å². The highest BCUT2D eigenvalue weighted by Gasteiger charge is 2.13. The number of fused-ring (bicyclic) bond motifs is 1. The van der Waals surface area contributed by atoms with Crippen LogP contribution in [0.2, 0.25) is 0 Å². The Balaban J connectivity index is 1.78. The minimum atomic E-state index is -0.107. The summed E-state index contributed by atoms with van der Waals surface area (Å²) < 4.78 is 0. The average molecular weight is 267 g/mol. The second kappa shape index (κ2) is 5.33. The zero-order chi connectivity index (χ0) is 13.9. The lowest BCUT2D eigenvalue weighted by atomic mass is 9.90. The maximum Gasteiger partial charge on any atom is 0.255 e. The van der Waals surface area contributed by atoms with Crippen LogP contribution in [0.25, 0.3) is 0 Å². The monoisotopic (exact) mass is 267 g/mol. The van der Waals surface area contributed by atoms with E-state index in [9.17, 15) is 4.79 Å². The summed E-state index contributed by atoms with van der Waals surface area (Å²) in [7, 11) is 0. The third-order valence-electron chi connectivity index (χ3n) is 3.65. The van der Waals surface area contributed by atoms with Gasteiger partial charge in [0.25, 0.3) is 5.91 Å². The predicted octanol–water partition coefficient (Wildman–Crippen LogP) is 2.79. The molecule has 4 heteroatoms. The van der Waals surface area contributed by atoms with Crippen LogP contribution in [0.15, 0.2) is 36.5 Å². The summed E-state index contributed by atoms with van der Waals surface area (Å²) in [5.74, 6) is 0.335. The van der Waals surface area contributed by atoms with Gasteiger partial charge in [-0.15, -0.1) is 0 Å². The van der Waals surface area contributed by atoms with Crippen molar-refractivity contribution in [1.82, 2.24) is 4.98 Å². The molecule has 1 aliphatic rings. The molecule has 102 valence electrons. The molecule has 0 unspecified atom stereocenters. The fourth-order valence-corrected chi connectivity index (χ4v) is 2.56. The van der Waals surface area contributed by atoms with E-state index in [0.717, 1.165) is 12.8 Å². The van der Waals surface area contributed by atoms with Crippen molar-refractivity contribution in [2.45, 2.75) is 25.7 Å². The van der Waals surface area contributed by atoms with Crippen molar-refractivity contribution < 1.29 is 4.79 Å². The van der Waals surface area contributed by atoms with Crippen LogP contribution in [-0.2, 0) is 12.8 Å². The number of rotatable bonds is 2. The molecule has 0 bridgehead atoms. The largest absolute Gasteiger partial charge is 0.384 e. The Bertz CT molecular complexity index is 635. The number of hydrogen-bond donors (Lipinski definition) is 2. The zero-order valence-electron chi connectivity index (χ0n) is 11.2. The SMILES string of the molecule is Nc1ccc(NC(=O)c2ccc3c(c2)CCCC3)cn1. The molecule has 3 N–H and O–H groups in total. The maximum absolute atomic E-state index is 12.2. The van der Waals surface area contributed by atoms with Crippen LogP contribution in [0.5, 0.6) is 0 Å². The number of nitrogens with one attached hydrogen (secondary N) is 1. The van der Waals surface area contributed by atoms with Crippen molar-refractivity contribution in [3.8, 4) is 0 Å². The molecular formula is C16H17N3O. The number of anilines is 2. The molecule has 0 aliphatic heterocycles. The highest BCUT2D eigenvalue weighted by atomic mass is 16.1. The first-order chi connectivity index (χ1) is 9.72. The number of carbonyl (C=O) groups is 1. The van der Waals surface area contributed by atoms with Gasteiger partial charge in [0.05, 0.1) is 11.9 Å². The van der Waals surface area contributed by atoms with Crippen LogP contribution < -0.4 is 11.1 Å². The number of pyridine rings is 1. The van der Waals surface area contributed by atoms with E-state index in [2.05, 4.69) is 16.4 Å². The van der Waals surface area contributed by atoms with Crippen molar-refractivity contribution >= 4 is 17.4 Å². The van der Waals surface area contributed by atoms with Gasteiger partial charge in [0.1, 0.15) is 5.82 Å². The first-order valence-electron chi connectivity index (χ1n) is 6.87. The van der Waals surface area contributed by atoms with Crippen LogP contribution >= 0.6 is 0 Å². The molecule has 3 rings (SSSR count). The van der Waals surface area contributed by atoms with Gasteiger partial charge in [0.2, 0.25) is 0 Å². The molecule has 0 atom stereocenters. The zero-order valence-corrected chi connectivity index (χ0v) is 11.2. The summed E-state index contributed by atoms with van der Waals surface area (Å²) in [5.41, 5.74) is 9.55. The standard InChI is InChI=1S/C16H17N3O/c17-15-8-7-14(10-18-15)19-16(20)13-6-5-11-3-1-2-4-12(11)9-13/h5-10H,1-4H2,(H2,17,18)(H,19,20). The molecule has 1 aromatic carbocycles. The van der Waals surface area contributed by atoms with Gasteiger partial charge in [-0.1, -0.05) is 6.07 Å². The minimum Gasteiger partial charge on any atom is -0.384 e. The van der Waals surface area contributed by atoms with Crippen molar-refractivity contribution in [1.29, 1.82) is 0 Å². The van der Waals surface area contributed by atoms with Gasteiger partial charge in [-0.25, -0.2) is 4.98 Å². The third kappa shape index (κ3) is 2.64. The van der Waals surface area contributed by atoms with Gasteiger partial charge in [-0.05, 0) is 61.1 Å². The molecule has 20 heavy (non-hydrogen) atoms. The number of benzene rings is 1. The Morgan fingerprint density at radius 2 is 1.90 bits per heavy atom. The Morgan fingerprint density at radius 3 is 2.65 bits per heavy atom. The van der Waals surface area contributed by atoms with E-state index in [-0.39, 0.29) is 5.91 Å². The van der Waals surface area contributed by atoms with Crippen molar-refractivity contribution in [2.24, 2.45) is 0 Å². The van der Waals surface area contributed by atoms with Gasteiger partial charge >= 0.3 is 0 Å². The van der Waals surface area contributed by atoms with E-state index in [0.29, 0.717) is 17.1 Å². The number of carbonyl (C=O) groups excluding carboxylic acids is 1. The molecule has 1 amide bonds. The first-order valence-corrected chi connectivity index (χ1v) is 6.87. The van der Waals surface area contributed by atoms with Crippen LogP contribution in [0.3, 0.4) is 0 Å². The second-order valence-corrected chi connectivity index (χ2v) is 5.12. The Labute approximate surface area is 118 Å². The lowest BCUT2D eigenvalue weighted by Crippen LogP contribution is -2.13. The Kier molecular flexibility index (Phi) is 3.37. The van der Waals surface area contributed by atoms with E-state index in [4.69, 9.17) is 5.73 Å². The molecule has 0 fully saturated rings. The van der Waals surface area contributed by atoms with Gasteiger partial charge in [0, 0.05) is 5.56 Å². The molecule has 0 spiro atoms. The summed E-state index contributed by atoms with van der Waals surface area (Å²) in [5, 5.41) is 2.84. The number of hydrogen-bond acceptors (Lipinski definition) is 3. The van der Waals surface area contributed by atoms with E-state index < -0.39 is 0 Å². The molecule has 1 aliphatic carbocycles. The summed E-state index contributed by atoms with van der Waals surface area (Å²) in [6.07, 6.45) is 6.21. The van der Waals surface area contributed by atoms with Crippen molar-refractivity contribution in [2.75, 3.05) is 11.1 Å². The Morgan fingerprint density at radius 1 is 1.10 bits per heavy atom. The van der Waals surface area contributed by atoms with Gasteiger partial charge in [-0.3, -0.25) is 4.79 Å². The molecule has 0 radical (unpaired) electrons. The van der Waals surface area contributed by atoms with Crippen LogP contribution in [0.1, 0.15) is 34.3 Å². The molecule has 0 saturated carbocycles. The lowest BCUT2D eigenvalue weighted by molar-refractivity contribution is 0.102. The van der Waals surface area contributed by atoms with Gasteiger partial charge in [0.15, 0.2) is 0 Å². The van der Waals surface area contributed by atoms with Gasteiger partial charge in [-0.2, -0.15) is 0 Å². The van der Waals surface area contributed by atoms with E-state index in [1.54, 1.807) is 18.3 Å². The predicted molar refractivity (Wildman–Crippen MR) is 79.7 cm³/mol. The molecule has 2 aromatic rings. The van der Waals surface area contributed by atoms with E-state index in [1.165, 1.54) is 24.0 Å². The Hall–Kier alpha value is -2.36. The van der Waals surface area contributed by atoms with Crippen LogP contribution in [0.4, 0.5) is 11.5 Å². The number of nitrogens with two attached hydrogens (primary N) is 1. The van der Waals surface area contributed by atoms with Crippen molar-refractivity contribution in [3.63, 3.8) is 0 Å². The molecular weight excluding hydrogens is 250 g/mol. The topological polar surface area (TPSA) is 68.0 Å². The summed E-state index contributed by atoms with van der Waals surface area (Å²) in [6, 6.07) is 9.39. The number of aryl methyl sites for hydroxylation is 2. The number of nitrogen functional groups attached to an aromatic ring is 1. The quantitative estimate of drug-likeness (QED) is 0.879. The van der Waals surface area contributed by atoms with Gasteiger partial charge < -0.3 is 11.1 Å². The normalized spacial score (nSPS) is 13.6. The van der Waals surface area contributed by atoms with E-state index >= 15 is 0 Å². The minimum absolute atomic E-state index is 0.107. The number of nitrogens with zero attached hydrogens (tertiary/aromatic N) is 1. The smallest absolute Gasteiger partial charge is 0.255 e. The van der Waals surface area contributed by atoms with Crippen molar-refractivity contribution in [3.05, 3.63) is 53.2 Å². The van der Waals surface area contributed by atoms with E-state index in [1.807, 2.05) is 12.1 Å². The molecule has 0 saturated heterocycles. The summed E-state index contributed by atoms with van der Waals surface area (Å²) in [6.45, 7) is 0. The fourth-order valence-electron chi connectivity index (χ4n) is 2.56. The highest BCUT2D eigenvalue weighted by molar-refractivity contribution is 6.04. The third-order valence-corrected chi connectivity index (χ3v) is 3.65. The fraction of sp³-hybridized carbons (Fsp3) is 0.250. The highest BCUT2D eigenvalue weighted by Crippen LogP contribution is 2.22. The molecule has 4 nitrogen and oxygen atoms in total. The summed E-state index contributed by atoms with van der Waals surface area (Å²) >= 11 is 0. The lowest BCUT2D eigenvalue weighted by Gasteiger charge is -2.16. The first kappa shape index (κ1) is 12.7. The molecule has 1 aromatic heterocycles. The number of aromatic nitrogens is 1. The second-order valence-electron chi connectivity index (χ2n) is 5.12. The molecule has 1 heterocycles. The number of amides is 1. The average Bonchev–Trinajstić information content (AvgIpc) is 2.49. The van der Waals surface area contributed by atoms with Crippen LogP contribution in [-0.4, -0.2) is 10.9 Å².